The molecule has 0 radical (unpaired) electrons. The number of ketones is 4. The number of hydrogen-bond acceptors (Lipinski definition) is 8. The van der Waals surface area contributed by atoms with Crippen LogP contribution in [0.4, 0.5) is 0 Å². The van der Waals surface area contributed by atoms with E-state index in [0.717, 1.165) is 25.2 Å². The molecule has 8 heteroatoms. The third-order valence-corrected chi connectivity index (χ3v) is 11.7. The molecular formula is C40H53NO7. The third kappa shape index (κ3) is 4.71. The van der Waals surface area contributed by atoms with Gasteiger partial charge in [0.2, 0.25) is 0 Å². The zero-order valence-corrected chi connectivity index (χ0v) is 30.9. The second-order valence-electron chi connectivity index (χ2n) is 17.4. The lowest BCUT2D eigenvalue weighted by molar-refractivity contribution is -0.146. The Kier molecular flexibility index (Phi) is 8.02. The van der Waals surface area contributed by atoms with Gasteiger partial charge in [-0.3, -0.25) is 24.1 Å². The smallest absolute Gasteiger partial charge is 0.175 e. The highest BCUT2D eigenvalue weighted by Gasteiger charge is 2.61. The Balaban J connectivity index is 1.63. The van der Waals surface area contributed by atoms with Crippen molar-refractivity contribution < 1.29 is 33.4 Å². The summed E-state index contributed by atoms with van der Waals surface area (Å²) in [5, 5.41) is 0. The van der Waals surface area contributed by atoms with E-state index in [1.54, 1.807) is 27.7 Å². The van der Waals surface area contributed by atoms with Crippen LogP contribution < -0.4 is 14.2 Å². The molecule has 1 fully saturated rings. The van der Waals surface area contributed by atoms with Crippen LogP contribution in [0.25, 0.3) is 0 Å². The van der Waals surface area contributed by atoms with Gasteiger partial charge in [-0.1, -0.05) is 27.7 Å². The van der Waals surface area contributed by atoms with Crippen LogP contribution in [0.2, 0.25) is 0 Å². The van der Waals surface area contributed by atoms with E-state index in [1.807, 2.05) is 33.8 Å². The summed E-state index contributed by atoms with van der Waals surface area (Å²) in [5.41, 5.74) is -2.09. The molecule has 0 aromatic heterocycles. The van der Waals surface area contributed by atoms with Gasteiger partial charge in [0.1, 0.15) is 35.4 Å². The van der Waals surface area contributed by atoms with Gasteiger partial charge in [0.15, 0.2) is 23.1 Å². The molecule has 5 aliphatic rings. The summed E-state index contributed by atoms with van der Waals surface area (Å²) in [7, 11) is 0. The number of benzene rings is 1. The lowest BCUT2D eigenvalue weighted by atomic mass is 9.58. The van der Waals surface area contributed by atoms with Gasteiger partial charge in [-0.25, -0.2) is 0 Å². The van der Waals surface area contributed by atoms with Crippen LogP contribution in [-0.4, -0.2) is 54.3 Å². The summed E-state index contributed by atoms with van der Waals surface area (Å²) in [6.07, 6.45) is 2.35. The number of hydrogen-bond donors (Lipinski definition) is 0. The molecule has 2 atom stereocenters. The van der Waals surface area contributed by atoms with Gasteiger partial charge in [0.05, 0.1) is 21.7 Å². The number of nitrogens with zero attached hydrogens (tertiary/aromatic N) is 1. The van der Waals surface area contributed by atoms with E-state index in [-0.39, 0.29) is 35.0 Å². The maximum Gasteiger partial charge on any atom is 0.175 e. The first-order chi connectivity index (χ1) is 22.2. The SMILES string of the molecule is CC(C)[C@@H]1C2=C(Oc3c1c(OCCN1CCCC1)cc1c3[C@@H](C(C)C)C3=C(O1)C(C)(C)C(=O)C(C)(C)C3=O)C(C)(C)C(=O)C(C)(C)C2=O. The summed E-state index contributed by atoms with van der Waals surface area (Å²) >= 11 is 0. The standard InChI is InChI=1S/C40H53NO7/c1-20(2)24-26-22(46-18-17-41-15-13-14-16-41)19-23-27(30(26)48-34-29(24)32(43)38(7,8)36(45)40(34,11)12)25(21(3)4)28-31(42)37(5,6)35(44)39(9,10)33(28)47-23/h19-21,24-25H,13-18H2,1-12H3/t24-,25+/m0/s1. The Morgan fingerprint density at radius 2 is 1.17 bits per heavy atom. The average molecular weight is 660 g/mol. The molecule has 0 spiro atoms. The van der Waals surface area contributed by atoms with Crippen molar-refractivity contribution in [1.29, 1.82) is 0 Å². The number of Topliss-reactive ketones (excluding diaryl/α,β-unsaturated/α-hetero) is 4. The summed E-state index contributed by atoms with van der Waals surface area (Å²) < 4.78 is 20.4. The first-order valence-electron chi connectivity index (χ1n) is 17.8. The van der Waals surface area contributed by atoms with E-state index in [9.17, 15) is 19.2 Å². The maximum atomic E-state index is 14.4. The minimum absolute atomic E-state index is 0.0519. The van der Waals surface area contributed by atoms with Crippen LogP contribution in [0.3, 0.4) is 0 Å². The summed E-state index contributed by atoms with van der Waals surface area (Å²) in [6.45, 7) is 25.7. The van der Waals surface area contributed by atoms with Crippen molar-refractivity contribution in [3.05, 3.63) is 39.9 Å². The highest BCUT2D eigenvalue weighted by Crippen LogP contribution is 2.63. The van der Waals surface area contributed by atoms with E-state index in [0.29, 0.717) is 52.1 Å². The van der Waals surface area contributed by atoms with E-state index >= 15 is 0 Å². The quantitative estimate of drug-likeness (QED) is 0.293. The molecule has 3 heterocycles. The molecule has 8 nitrogen and oxygen atoms in total. The molecule has 1 aromatic carbocycles. The monoisotopic (exact) mass is 659 g/mol. The molecule has 1 saturated heterocycles. The van der Waals surface area contributed by atoms with Crippen LogP contribution in [0.5, 0.6) is 17.2 Å². The molecule has 1 aromatic rings. The number of carbonyl (C=O) groups excluding carboxylic acids is 4. The number of ether oxygens (including phenoxy) is 3. The summed E-state index contributed by atoms with van der Waals surface area (Å²) in [4.78, 5) is 58.8. The first-order valence-corrected chi connectivity index (χ1v) is 17.8. The number of allylic oxidation sites excluding steroid dienone is 4. The van der Waals surface area contributed by atoms with Gasteiger partial charge in [0, 0.05) is 46.7 Å². The van der Waals surface area contributed by atoms with Crippen LogP contribution in [0.1, 0.15) is 119 Å². The van der Waals surface area contributed by atoms with E-state index in [4.69, 9.17) is 14.2 Å². The zero-order chi connectivity index (χ0) is 35.5. The molecule has 0 saturated carbocycles. The van der Waals surface area contributed by atoms with Crippen molar-refractivity contribution in [2.75, 3.05) is 26.2 Å². The van der Waals surface area contributed by atoms with Gasteiger partial charge in [0.25, 0.3) is 0 Å². The molecule has 3 aliphatic heterocycles. The minimum atomic E-state index is -1.23. The number of carbonyl (C=O) groups is 4. The molecule has 48 heavy (non-hydrogen) atoms. The Hall–Kier alpha value is -3.26. The Bertz CT molecular complexity index is 1690. The predicted octanol–water partition coefficient (Wildman–Crippen LogP) is 7.34. The van der Waals surface area contributed by atoms with Gasteiger partial charge in [-0.15, -0.1) is 0 Å². The fraction of sp³-hybridized carbons (Fsp3) is 0.650. The Labute approximate surface area is 285 Å². The Morgan fingerprint density at radius 1 is 0.708 bits per heavy atom. The third-order valence-electron chi connectivity index (χ3n) is 11.7. The van der Waals surface area contributed by atoms with Gasteiger partial charge < -0.3 is 14.2 Å². The molecule has 0 unspecified atom stereocenters. The molecule has 260 valence electrons. The second kappa shape index (κ2) is 11.1. The van der Waals surface area contributed by atoms with Crippen LogP contribution in [0.15, 0.2) is 28.7 Å². The highest BCUT2D eigenvalue weighted by molar-refractivity contribution is 6.21. The van der Waals surface area contributed by atoms with E-state index in [2.05, 4.69) is 32.6 Å². The molecular weight excluding hydrogens is 606 g/mol. The van der Waals surface area contributed by atoms with Crippen molar-refractivity contribution in [3.63, 3.8) is 0 Å². The topological polar surface area (TPSA) is 99.2 Å². The minimum Gasteiger partial charge on any atom is -0.492 e. The van der Waals surface area contributed by atoms with Gasteiger partial charge in [-0.2, -0.15) is 0 Å². The van der Waals surface area contributed by atoms with Crippen LogP contribution >= 0.6 is 0 Å². The zero-order valence-electron chi connectivity index (χ0n) is 30.9. The maximum absolute atomic E-state index is 14.4. The van der Waals surface area contributed by atoms with Crippen molar-refractivity contribution >= 4 is 23.1 Å². The predicted molar refractivity (Wildman–Crippen MR) is 183 cm³/mol. The van der Waals surface area contributed by atoms with Crippen molar-refractivity contribution in [3.8, 4) is 17.2 Å². The normalized spacial score (nSPS) is 27.0. The Morgan fingerprint density at radius 3 is 1.65 bits per heavy atom. The molecule has 2 aliphatic carbocycles. The summed E-state index contributed by atoms with van der Waals surface area (Å²) in [6, 6.07) is 1.89. The number of likely N-dealkylation sites (tertiary alicyclic amines) is 1. The number of fused-ring (bicyclic) bond motifs is 3. The van der Waals surface area contributed by atoms with Crippen LogP contribution in [-0.2, 0) is 19.2 Å². The second-order valence-corrected chi connectivity index (χ2v) is 17.4. The fourth-order valence-corrected chi connectivity index (χ4v) is 9.13. The molecule has 0 N–H and O–H groups in total. The van der Waals surface area contributed by atoms with Gasteiger partial charge >= 0.3 is 0 Å². The molecule has 0 bridgehead atoms. The van der Waals surface area contributed by atoms with E-state index < -0.39 is 33.5 Å². The highest BCUT2D eigenvalue weighted by atomic mass is 16.5. The lowest BCUT2D eigenvalue weighted by Gasteiger charge is -2.48. The van der Waals surface area contributed by atoms with Crippen molar-refractivity contribution in [2.45, 2.75) is 108 Å². The molecule has 0 amide bonds. The number of rotatable bonds is 6. The van der Waals surface area contributed by atoms with Crippen molar-refractivity contribution in [1.82, 2.24) is 4.90 Å². The van der Waals surface area contributed by atoms with Crippen molar-refractivity contribution in [2.24, 2.45) is 33.5 Å². The summed E-state index contributed by atoms with van der Waals surface area (Å²) in [5.74, 6) is 0.441. The van der Waals surface area contributed by atoms with E-state index in [1.165, 1.54) is 12.8 Å². The molecule has 6 rings (SSSR count). The fourth-order valence-electron chi connectivity index (χ4n) is 9.13. The van der Waals surface area contributed by atoms with Gasteiger partial charge in [-0.05, 0) is 93.2 Å². The average Bonchev–Trinajstić information content (AvgIpc) is 3.53. The van der Waals surface area contributed by atoms with Crippen LogP contribution in [0, 0.1) is 33.5 Å². The lowest BCUT2D eigenvalue weighted by Crippen LogP contribution is -2.53. The largest absolute Gasteiger partial charge is 0.492 e. The first kappa shape index (κ1) is 34.6.